The van der Waals surface area contributed by atoms with E-state index < -0.39 is 12.6 Å². The molecule has 15 heteroatoms. The van der Waals surface area contributed by atoms with Gasteiger partial charge in [0.2, 0.25) is 9.93 Å². The number of ether oxygens (including phenoxy) is 2. The van der Waals surface area contributed by atoms with Crippen LogP contribution in [0.5, 0.6) is 0 Å². The standard InChI is InChI=1S/C5H8N4O2S.C3H6O3.C2H4N4S.CH4/c1-9-5(6-7-8-9)12-3-4(10)11-2;1-6-3(5)2-4;1-6-2(7)3-4-5-6;/h3H2,1-2H3;4H,2H2,1H3;1H3,(H,3,5,7);1H4. The summed E-state index contributed by atoms with van der Waals surface area (Å²) in [5, 5.41) is 28.6. The average molecular weight is 410 g/mol. The number of aryl methyl sites for hydroxylation is 2. The number of thioether (sulfide) groups is 1. The van der Waals surface area contributed by atoms with E-state index in [1.807, 2.05) is 0 Å². The van der Waals surface area contributed by atoms with Crippen LogP contribution in [0.1, 0.15) is 7.43 Å². The van der Waals surface area contributed by atoms with E-state index in [9.17, 15) is 9.59 Å². The molecule has 2 rings (SSSR count). The molecule has 0 unspecified atom stereocenters. The third kappa shape index (κ3) is 11.2. The number of aromatic amines is 1. The highest BCUT2D eigenvalue weighted by Crippen LogP contribution is 2.11. The highest BCUT2D eigenvalue weighted by atomic mass is 32.2. The third-order valence-corrected chi connectivity index (χ3v) is 3.44. The van der Waals surface area contributed by atoms with Crippen molar-refractivity contribution in [2.45, 2.75) is 12.6 Å². The number of hydrogen-bond acceptors (Lipinski definition) is 12. The smallest absolute Gasteiger partial charge is 0.331 e. The van der Waals surface area contributed by atoms with Gasteiger partial charge in [0.25, 0.3) is 0 Å². The van der Waals surface area contributed by atoms with Gasteiger partial charge in [0.15, 0.2) is 0 Å². The fourth-order valence-corrected chi connectivity index (χ4v) is 1.60. The molecule has 13 nitrogen and oxygen atoms in total. The van der Waals surface area contributed by atoms with E-state index >= 15 is 0 Å². The van der Waals surface area contributed by atoms with E-state index in [-0.39, 0.29) is 19.1 Å². The monoisotopic (exact) mass is 410 g/mol. The van der Waals surface area contributed by atoms with Gasteiger partial charge in [0, 0.05) is 14.1 Å². The first-order valence-electron chi connectivity index (χ1n) is 6.39. The van der Waals surface area contributed by atoms with E-state index in [1.54, 1.807) is 18.8 Å². The molecule has 0 bridgehead atoms. The number of hydrogen-bond donors (Lipinski definition) is 2. The molecule has 0 fully saturated rings. The number of aliphatic hydroxyl groups excluding tert-OH is 1. The fraction of sp³-hybridized carbons (Fsp3) is 0.636. The minimum atomic E-state index is -0.602. The number of carbonyl (C=O) groups is 2. The van der Waals surface area contributed by atoms with Crippen LogP contribution in [-0.2, 0) is 33.2 Å². The van der Waals surface area contributed by atoms with Crippen LogP contribution in [0, 0.1) is 4.77 Å². The molecule has 0 aliphatic rings. The Bertz CT molecular complexity index is 695. The molecule has 0 aliphatic carbocycles. The Kier molecular flexibility index (Phi) is 14.8. The second-order valence-electron chi connectivity index (χ2n) is 3.83. The van der Waals surface area contributed by atoms with Gasteiger partial charge in [-0.1, -0.05) is 29.5 Å². The lowest BCUT2D eigenvalue weighted by atomic mass is 10.8. The van der Waals surface area contributed by atoms with E-state index in [1.165, 1.54) is 30.7 Å². The Morgan fingerprint density at radius 2 is 1.85 bits per heavy atom. The van der Waals surface area contributed by atoms with Gasteiger partial charge in [-0.3, -0.25) is 4.79 Å². The van der Waals surface area contributed by atoms with Gasteiger partial charge in [-0.2, -0.15) is 5.21 Å². The van der Waals surface area contributed by atoms with E-state index in [2.05, 4.69) is 52.7 Å². The number of carbonyl (C=O) groups excluding carboxylic acids is 2. The summed E-state index contributed by atoms with van der Waals surface area (Å²) < 4.78 is 12.0. The summed E-state index contributed by atoms with van der Waals surface area (Å²) in [5.74, 6) is -0.664. The van der Waals surface area contributed by atoms with Crippen molar-refractivity contribution in [1.82, 2.24) is 40.4 Å². The summed E-state index contributed by atoms with van der Waals surface area (Å²) in [6.07, 6.45) is 0. The van der Waals surface area contributed by atoms with Crippen molar-refractivity contribution in [3.8, 4) is 0 Å². The van der Waals surface area contributed by atoms with Crippen molar-refractivity contribution >= 4 is 35.9 Å². The van der Waals surface area contributed by atoms with Gasteiger partial charge < -0.3 is 14.6 Å². The lowest BCUT2D eigenvalue weighted by Gasteiger charge is -1.96. The maximum Gasteiger partial charge on any atom is 0.331 e. The fourth-order valence-electron chi connectivity index (χ4n) is 0.833. The van der Waals surface area contributed by atoms with Crippen molar-refractivity contribution < 1.29 is 24.2 Å². The van der Waals surface area contributed by atoms with Crippen molar-refractivity contribution in [3.63, 3.8) is 0 Å². The number of methoxy groups -OCH3 is 2. The normalized spacial score (nSPS) is 8.81. The Balaban J connectivity index is 0. The van der Waals surface area contributed by atoms with E-state index in [0.29, 0.717) is 9.93 Å². The second kappa shape index (κ2) is 14.9. The zero-order chi connectivity index (χ0) is 19.2. The molecule has 0 saturated carbocycles. The lowest BCUT2D eigenvalue weighted by molar-refractivity contribution is -0.143. The molecule has 0 saturated heterocycles. The van der Waals surface area contributed by atoms with Crippen LogP contribution in [0.3, 0.4) is 0 Å². The Morgan fingerprint density at radius 1 is 1.23 bits per heavy atom. The molecule has 0 aliphatic heterocycles. The number of nitrogens with zero attached hydrogens (tertiary/aromatic N) is 7. The predicted octanol–water partition coefficient (Wildman–Crippen LogP) is -0.864. The quantitative estimate of drug-likeness (QED) is 0.364. The molecule has 0 aromatic carbocycles. The Hall–Kier alpha value is -2.39. The Morgan fingerprint density at radius 3 is 2.12 bits per heavy atom. The van der Waals surface area contributed by atoms with Crippen LogP contribution in [0.15, 0.2) is 5.16 Å². The number of rotatable bonds is 4. The van der Waals surface area contributed by atoms with Crippen LogP contribution in [0.4, 0.5) is 0 Å². The number of aromatic nitrogens is 8. The van der Waals surface area contributed by atoms with Crippen LogP contribution < -0.4 is 0 Å². The highest BCUT2D eigenvalue weighted by molar-refractivity contribution is 7.99. The molecule has 0 spiro atoms. The maximum absolute atomic E-state index is 10.7. The van der Waals surface area contributed by atoms with E-state index in [4.69, 9.17) is 5.11 Å². The van der Waals surface area contributed by atoms with Gasteiger partial charge in [0.1, 0.15) is 6.61 Å². The number of nitrogens with one attached hydrogen (secondary N) is 1. The van der Waals surface area contributed by atoms with Gasteiger partial charge in [-0.05, 0) is 22.6 Å². The van der Waals surface area contributed by atoms with Gasteiger partial charge in [-0.25, -0.2) is 14.2 Å². The largest absolute Gasteiger partial charge is 0.468 e. The zero-order valence-electron chi connectivity index (χ0n) is 13.9. The van der Waals surface area contributed by atoms with Crippen molar-refractivity contribution in [3.05, 3.63) is 4.77 Å². The first kappa shape index (κ1) is 25.8. The summed E-state index contributed by atoms with van der Waals surface area (Å²) in [5.41, 5.74) is 0. The Labute approximate surface area is 159 Å². The number of aliphatic hydroxyl groups is 1. The molecule has 148 valence electrons. The first-order chi connectivity index (χ1) is 11.8. The minimum absolute atomic E-state index is 0. The minimum Gasteiger partial charge on any atom is -0.468 e. The van der Waals surface area contributed by atoms with Gasteiger partial charge in [0.05, 0.1) is 20.0 Å². The molecule has 2 aromatic rings. The number of esters is 2. The zero-order valence-corrected chi connectivity index (χ0v) is 15.6. The van der Waals surface area contributed by atoms with Crippen molar-refractivity contribution in [2.75, 3.05) is 26.6 Å². The molecule has 26 heavy (non-hydrogen) atoms. The summed E-state index contributed by atoms with van der Waals surface area (Å²) in [4.78, 5) is 20.4. The van der Waals surface area contributed by atoms with Gasteiger partial charge in [-0.15, -0.1) is 5.10 Å². The van der Waals surface area contributed by atoms with Crippen molar-refractivity contribution in [1.29, 1.82) is 0 Å². The van der Waals surface area contributed by atoms with Crippen LogP contribution in [0.25, 0.3) is 0 Å². The molecule has 0 amide bonds. The second-order valence-corrected chi connectivity index (χ2v) is 5.13. The maximum atomic E-state index is 10.7. The molecule has 0 radical (unpaired) electrons. The highest BCUT2D eigenvalue weighted by Gasteiger charge is 2.06. The van der Waals surface area contributed by atoms with Gasteiger partial charge >= 0.3 is 11.9 Å². The summed E-state index contributed by atoms with van der Waals surface area (Å²) >= 11 is 5.88. The topological polar surface area (TPSA) is 163 Å². The predicted molar refractivity (Wildman–Crippen MR) is 93.6 cm³/mol. The first-order valence-corrected chi connectivity index (χ1v) is 7.78. The van der Waals surface area contributed by atoms with Crippen LogP contribution in [0.2, 0.25) is 0 Å². The summed E-state index contributed by atoms with van der Waals surface area (Å²) in [7, 11) is 6.03. The third-order valence-electron chi connectivity index (χ3n) is 2.10. The van der Waals surface area contributed by atoms with Crippen molar-refractivity contribution in [2.24, 2.45) is 14.1 Å². The summed E-state index contributed by atoms with van der Waals surface area (Å²) in [6.45, 7) is -0.531. The molecular weight excluding hydrogens is 388 g/mol. The molecule has 2 heterocycles. The summed E-state index contributed by atoms with van der Waals surface area (Å²) in [6, 6.07) is 0. The lowest BCUT2D eigenvalue weighted by Crippen LogP contribution is -2.04. The van der Waals surface area contributed by atoms with Crippen LogP contribution >= 0.6 is 24.0 Å². The SMILES string of the molecule is C.COC(=O)CO.COC(=O)CSc1nnnn1C.Cn1[nH]nnc1=S. The average Bonchev–Trinajstić information content (AvgIpc) is 3.21. The molecule has 2 N–H and O–H groups in total. The molecule has 0 atom stereocenters. The number of H-pyrrole nitrogens is 1. The number of tetrazole rings is 2. The van der Waals surface area contributed by atoms with Crippen LogP contribution in [-0.4, -0.2) is 84.0 Å². The molecule has 2 aromatic heterocycles. The molecular formula is C11H22N8O5S2. The van der Waals surface area contributed by atoms with E-state index in [0.717, 1.165) is 0 Å².